The lowest BCUT2D eigenvalue weighted by Gasteiger charge is -2.29. The van der Waals surface area contributed by atoms with Gasteiger partial charge in [-0.3, -0.25) is 4.79 Å². The Morgan fingerprint density at radius 1 is 1.58 bits per heavy atom. The summed E-state index contributed by atoms with van der Waals surface area (Å²) < 4.78 is 0. The van der Waals surface area contributed by atoms with Crippen molar-refractivity contribution < 1.29 is 4.79 Å². The van der Waals surface area contributed by atoms with Gasteiger partial charge in [0, 0.05) is 12.4 Å². The smallest absolute Gasteiger partial charge is 0.240 e. The molecule has 1 saturated heterocycles. The highest BCUT2D eigenvalue weighted by Crippen LogP contribution is 2.26. The van der Waals surface area contributed by atoms with Crippen molar-refractivity contribution in [2.45, 2.75) is 57.5 Å². The minimum atomic E-state index is -0.366. The molecule has 106 valence electrons. The maximum atomic E-state index is 12.6. The zero-order valence-electron chi connectivity index (χ0n) is 11.8. The molecule has 2 rings (SSSR count). The van der Waals surface area contributed by atoms with Crippen molar-refractivity contribution in [3.63, 3.8) is 0 Å². The van der Waals surface area contributed by atoms with Gasteiger partial charge in [0.15, 0.2) is 0 Å². The van der Waals surface area contributed by atoms with Gasteiger partial charge in [0.1, 0.15) is 5.82 Å². The number of carbonyl (C=O) groups excluding carboxylic acids is 1. The van der Waals surface area contributed by atoms with Gasteiger partial charge in [0.2, 0.25) is 5.91 Å². The molecule has 19 heavy (non-hydrogen) atoms. The molecule has 1 aromatic heterocycles. The number of aromatic amines is 1. The molecule has 1 aliphatic rings. The van der Waals surface area contributed by atoms with E-state index >= 15 is 0 Å². The van der Waals surface area contributed by atoms with E-state index in [1.165, 1.54) is 0 Å². The molecule has 2 heterocycles. The predicted octanol–water partition coefficient (Wildman–Crippen LogP) is 1.90. The van der Waals surface area contributed by atoms with Gasteiger partial charge < -0.3 is 15.6 Å². The van der Waals surface area contributed by atoms with Gasteiger partial charge in [-0.05, 0) is 32.2 Å². The highest BCUT2D eigenvalue weighted by atomic mass is 16.2. The molecule has 1 aliphatic heterocycles. The molecule has 1 amide bonds. The number of rotatable bonds is 6. The second kappa shape index (κ2) is 6.19. The quantitative estimate of drug-likeness (QED) is 0.735. The van der Waals surface area contributed by atoms with Gasteiger partial charge in [-0.2, -0.15) is 0 Å². The first-order valence-electron chi connectivity index (χ1n) is 7.27. The van der Waals surface area contributed by atoms with Crippen molar-refractivity contribution >= 4 is 5.91 Å². The molecule has 0 aromatic carbocycles. The Hall–Kier alpha value is -1.36. The molecule has 0 saturated carbocycles. The fraction of sp³-hybridized carbons (Fsp3) is 0.714. The van der Waals surface area contributed by atoms with Crippen LogP contribution in [-0.2, 0) is 4.79 Å². The number of hydrogen-bond acceptors (Lipinski definition) is 3. The van der Waals surface area contributed by atoms with Crippen molar-refractivity contribution in [3.05, 3.63) is 18.2 Å². The number of imidazole rings is 1. The van der Waals surface area contributed by atoms with E-state index in [0.717, 1.165) is 44.5 Å². The van der Waals surface area contributed by atoms with Crippen molar-refractivity contribution in [1.82, 2.24) is 20.6 Å². The summed E-state index contributed by atoms with van der Waals surface area (Å²) in [5.41, 5.74) is -0.366. The fourth-order valence-corrected chi connectivity index (χ4v) is 2.88. The number of amides is 1. The first-order valence-corrected chi connectivity index (χ1v) is 7.27. The van der Waals surface area contributed by atoms with Crippen LogP contribution in [0.1, 0.15) is 57.8 Å². The Bertz CT molecular complexity index is 396. The Balaban J connectivity index is 2.06. The standard InChI is InChI=1S/C14H24N4O/c1-3-6-14(7-5-8-17-14)13(19)18-11(4-2)12-15-9-10-16-12/h9-11,17H,3-8H2,1-2H3,(H,15,16)(H,18,19). The van der Waals surface area contributed by atoms with Gasteiger partial charge in [0.25, 0.3) is 0 Å². The van der Waals surface area contributed by atoms with E-state index in [2.05, 4.69) is 34.4 Å². The van der Waals surface area contributed by atoms with Gasteiger partial charge in [0.05, 0.1) is 11.6 Å². The molecule has 5 nitrogen and oxygen atoms in total. The van der Waals surface area contributed by atoms with E-state index in [1.54, 1.807) is 12.4 Å². The largest absolute Gasteiger partial charge is 0.347 e. The molecule has 0 aliphatic carbocycles. The summed E-state index contributed by atoms with van der Waals surface area (Å²) in [6.07, 6.45) is 8.26. The summed E-state index contributed by atoms with van der Waals surface area (Å²) >= 11 is 0. The molecular weight excluding hydrogens is 240 g/mol. The zero-order valence-corrected chi connectivity index (χ0v) is 11.8. The van der Waals surface area contributed by atoms with Crippen molar-refractivity contribution in [1.29, 1.82) is 0 Å². The Morgan fingerprint density at radius 2 is 2.42 bits per heavy atom. The number of aromatic nitrogens is 2. The van der Waals surface area contributed by atoms with Crippen LogP contribution in [-0.4, -0.2) is 28.0 Å². The van der Waals surface area contributed by atoms with E-state index in [0.29, 0.717) is 0 Å². The fourth-order valence-electron chi connectivity index (χ4n) is 2.88. The number of hydrogen-bond donors (Lipinski definition) is 3. The Kier molecular flexibility index (Phi) is 4.58. The van der Waals surface area contributed by atoms with E-state index in [-0.39, 0.29) is 17.5 Å². The van der Waals surface area contributed by atoms with Gasteiger partial charge in [-0.1, -0.05) is 20.3 Å². The predicted molar refractivity (Wildman–Crippen MR) is 74.6 cm³/mol. The molecule has 5 heteroatoms. The highest BCUT2D eigenvalue weighted by Gasteiger charge is 2.40. The van der Waals surface area contributed by atoms with Crippen LogP contribution in [0.4, 0.5) is 0 Å². The van der Waals surface area contributed by atoms with Gasteiger partial charge in [-0.15, -0.1) is 0 Å². The molecule has 1 aromatic rings. The Labute approximate surface area is 114 Å². The summed E-state index contributed by atoms with van der Waals surface area (Å²) in [5.74, 6) is 0.954. The lowest BCUT2D eigenvalue weighted by molar-refractivity contribution is -0.128. The summed E-state index contributed by atoms with van der Waals surface area (Å²) in [4.78, 5) is 19.9. The third-order valence-corrected chi connectivity index (χ3v) is 3.92. The summed E-state index contributed by atoms with van der Waals surface area (Å²) in [6, 6.07) is -0.0290. The highest BCUT2D eigenvalue weighted by molar-refractivity contribution is 5.87. The summed E-state index contributed by atoms with van der Waals surface area (Å²) in [5, 5.41) is 6.54. The molecule has 3 N–H and O–H groups in total. The van der Waals surface area contributed by atoms with Crippen LogP contribution >= 0.6 is 0 Å². The van der Waals surface area contributed by atoms with Crippen LogP contribution in [0.5, 0.6) is 0 Å². The van der Waals surface area contributed by atoms with Crippen molar-refractivity contribution in [2.24, 2.45) is 0 Å². The number of carbonyl (C=O) groups is 1. The average Bonchev–Trinajstić information content (AvgIpc) is 3.07. The third kappa shape index (κ3) is 2.97. The van der Waals surface area contributed by atoms with Crippen molar-refractivity contribution in [3.8, 4) is 0 Å². The van der Waals surface area contributed by atoms with E-state index in [9.17, 15) is 4.79 Å². The second-order valence-corrected chi connectivity index (χ2v) is 5.27. The second-order valence-electron chi connectivity index (χ2n) is 5.27. The molecular formula is C14H24N4O. The number of nitrogens with zero attached hydrogens (tertiary/aromatic N) is 1. The topological polar surface area (TPSA) is 69.8 Å². The number of H-pyrrole nitrogens is 1. The molecule has 0 bridgehead atoms. The molecule has 1 fully saturated rings. The normalized spacial score (nSPS) is 24.3. The molecule has 0 radical (unpaired) electrons. The van der Waals surface area contributed by atoms with Crippen LogP contribution < -0.4 is 10.6 Å². The van der Waals surface area contributed by atoms with Gasteiger partial charge >= 0.3 is 0 Å². The van der Waals surface area contributed by atoms with Crippen LogP contribution in [0.25, 0.3) is 0 Å². The van der Waals surface area contributed by atoms with Crippen LogP contribution in [0, 0.1) is 0 Å². The minimum Gasteiger partial charge on any atom is -0.347 e. The molecule has 2 atom stereocenters. The lowest BCUT2D eigenvalue weighted by Crippen LogP contribution is -2.54. The molecule has 0 spiro atoms. The van der Waals surface area contributed by atoms with Crippen LogP contribution in [0.2, 0.25) is 0 Å². The summed E-state index contributed by atoms with van der Waals surface area (Å²) in [6.45, 7) is 5.12. The monoisotopic (exact) mass is 264 g/mol. The van der Waals surface area contributed by atoms with Gasteiger partial charge in [-0.25, -0.2) is 4.98 Å². The van der Waals surface area contributed by atoms with Crippen molar-refractivity contribution in [2.75, 3.05) is 6.54 Å². The van der Waals surface area contributed by atoms with Crippen LogP contribution in [0.3, 0.4) is 0 Å². The Morgan fingerprint density at radius 3 is 2.95 bits per heavy atom. The number of nitrogens with one attached hydrogen (secondary N) is 3. The first-order chi connectivity index (χ1) is 9.22. The minimum absolute atomic E-state index is 0.0290. The lowest BCUT2D eigenvalue weighted by atomic mass is 9.90. The summed E-state index contributed by atoms with van der Waals surface area (Å²) in [7, 11) is 0. The van der Waals surface area contributed by atoms with E-state index in [4.69, 9.17) is 0 Å². The third-order valence-electron chi connectivity index (χ3n) is 3.92. The maximum absolute atomic E-state index is 12.6. The zero-order chi connectivity index (χ0) is 13.7. The van der Waals surface area contributed by atoms with Crippen LogP contribution in [0.15, 0.2) is 12.4 Å². The molecule has 2 unspecified atom stereocenters. The average molecular weight is 264 g/mol. The SMILES string of the molecule is CCCC1(C(=O)NC(CC)c2ncc[nH]2)CCCN1. The van der Waals surface area contributed by atoms with E-state index in [1.807, 2.05) is 0 Å². The first kappa shape index (κ1) is 14.1. The van der Waals surface area contributed by atoms with E-state index < -0.39 is 0 Å². The maximum Gasteiger partial charge on any atom is 0.240 e.